The van der Waals surface area contributed by atoms with Crippen LogP contribution in [0.2, 0.25) is 5.02 Å². The molecule has 0 saturated carbocycles. The summed E-state index contributed by atoms with van der Waals surface area (Å²) in [4.78, 5) is 33.4. The molecule has 11 nitrogen and oxygen atoms in total. The van der Waals surface area contributed by atoms with Gasteiger partial charge in [0.15, 0.2) is 17.7 Å². The molecule has 4 aliphatic rings. The van der Waals surface area contributed by atoms with Crippen molar-refractivity contribution in [3.63, 3.8) is 0 Å². The molecule has 54 heavy (non-hydrogen) atoms. The molecule has 5 heterocycles. The van der Waals surface area contributed by atoms with Crippen molar-refractivity contribution in [3.05, 3.63) is 75.9 Å². The van der Waals surface area contributed by atoms with Gasteiger partial charge in [0.2, 0.25) is 0 Å². The maximum Gasteiger partial charge on any atom is 0.410 e. The zero-order valence-electron chi connectivity index (χ0n) is 30.8. The summed E-state index contributed by atoms with van der Waals surface area (Å²) in [6.07, 6.45) is 4.90. The van der Waals surface area contributed by atoms with Gasteiger partial charge < -0.3 is 38.6 Å². The van der Waals surface area contributed by atoms with Crippen LogP contribution < -0.4 is 14.8 Å². The van der Waals surface area contributed by atoms with Crippen LogP contribution in [0.15, 0.2) is 42.6 Å². The molecule has 0 unspecified atom stereocenters. The highest BCUT2D eigenvalue weighted by Crippen LogP contribution is 2.53. The summed E-state index contributed by atoms with van der Waals surface area (Å²) in [7, 11) is 0. The number of benzene rings is 2. The number of likely N-dealkylation sites (tertiary alicyclic amines) is 1. The number of carbonyl (C=O) groups excluding carboxylic acids is 2. The molecule has 0 aliphatic carbocycles. The van der Waals surface area contributed by atoms with E-state index in [9.17, 15) is 9.59 Å². The van der Waals surface area contributed by atoms with E-state index in [1.807, 2.05) is 30.3 Å². The normalized spacial score (nSPS) is 23.9. The topological polar surface area (TPSA) is 118 Å². The summed E-state index contributed by atoms with van der Waals surface area (Å²) in [5.74, 6) is -2.80. The third kappa shape index (κ3) is 7.87. The Morgan fingerprint density at radius 3 is 2.59 bits per heavy atom. The van der Waals surface area contributed by atoms with E-state index in [0.29, 0.717) is 51.2 Å². The first-order valence-electron chi connectivity index (χ1n) is 18.6. The SMILES string of the molecule is CC(C)(C)OC(=O)N1CCC[C@H]1[C@@]1(c2ccccc2)Cc2c(cc(F)c(Cl)c2-c2c(C(=O)N[C@@H]3CCOC3)cnc(OCCO[C@H]3CCCCO3)c2F)O1. The van der Waals surface area contributed by atoms with E-state index >= 15 is 8.78 Å². The summed E-state index contributed by atoms with van der Waals surface area (Å²) >= 11 is 6.82. The Labute approximate surface area is 318 Å². The predicted octanol–water partition coefficient (Wildman–Crippen LogP) is 7.35. The number of nitrogens with one attached hydrogen (secondary N) is 1. The first-order valence-corrected chi connectivity index (χ1v) is 19.0. The number of hydrogen-bond acceptors (Lipinski definition) is 9. The molecule has 3 fully saturated rings. The molecule has 0 spiro atoms. The predicted molar refractivity (Wildman–Crippen MR) is 195 cm³/mol. The van der Waals surface area contributed by atoms with Gasteiger partial charge in [0.05, 0.1) is 35.9 Å². The van der Waals surface area contributed by atoms with E-state index in [1.54, 1.807) is 25.7 Å². The quantitative estimate of drug-likeness (QED) is 0.211. The molecular formula is C40H46ClF2N3O8. The number of nitrogens with zero attached hydrogens (tertiary/aromatic N) is 2. The minimum atomic E-state index is -1.24. The second kappa shape index (κ2) is 16.0. The van der Waals surface area contributed by atoms with Crippen molar-refractivity contribution in [2.75, 3.05) is 39.6 Å². The third-order valence-electron chi connectivity index (χ3n) is 10.2. The number of amides is 2. The van der Waals surface area contributed by atoms with Crippen molar-refractivity contribution in [2.45, 2.75) is 95.3 Å². The van der Waals surface area contributed by atoms with E-state index in [4.69, 9.17) is 40.0 Å². The summed E-state index contributed by atoms with van der Waals surface area (Å²) in [5.41, 5.74) is -1.40. The van der Waals surface area contributed by atoms with Crippen molar-refractivity contribution in [3.8, 4) is 22.8 Å². The Kier molecular flexibility index (Phi) is 11.3. The van der Waals surface area contributed by atoms with Crippen LogP contribution in [0.5, 0.6) is 11.6 Å². The van der Waals surface area contributed by atoms with Gasteiger partial charge in [-0.25, -0.2) is 18.6 Å². The zero-order valence-corrected chi connectivity index (χ0v) is 31.5. The van der Waals surface area contributed by atoms with Gasteiger partial charge in [-0.2, -0.15) is 0 Å². The van der Waals surface area contributed by atoms with Gasteiger partial charge in [-0.15, -0.1) is 0 Å². The van der Waals surface area contributed by atoms with Gasteiger partial charge in [-0.05, 0) is 64.9 Å². The van der Waals surface area contributed by atoms with Crippen molar-refractivity contribution < 1.29 is 46.8 Å². The lowest BCUT2D eigenvalue weighted by Crippen LogP contribution is -2.53. The van der Waals surface area contributed by atoms with Crippen LogP contribution >= 0.6 is 11.6 Å². The lowest BCUT2D eigenvalue weighted by Gasteiger charge is -2.40. The Hall–Kier alpha value is -4.04. The minimum Gasteiger partial charge on any atom is -0.480 e. The minimum absolute atomic E-state index is 0.0595. The van der Waals surface area contributed by atoms with Crippen LogP contribution in [0.4, 0.5) is 13.6 Å². The van der Waals surface area contributed by atoms with Crippen molar-refractivity contribution in [1.82, 2.24) is 15.2 Å². The monoisotopic (exact) mass is 769 g/mol. The first kappa shape index (κ1) is 38.2. The maximum atomic E-state index is 17.0. The molecule has 3 saturated heterocycles. The fraction of sp³-hybridized carbons (Fsp3) is 0.525. The molecule has 0 bridgehead atoms. The highest BCUT2D eigenvalue weighted by molar-refractivity contribution is 6.34. The molecule has 4 atom stereocenters. The molecule has 2 amide bonds. The lowest BCUT2D eigenvalue weighted by atomic mass is 9.79. The lowest BCUT2D eigenvalue weighted by molar-refractivity contribution is -0.165. The zero-order chi connectivity index (χ0) is 38.0. The number of halogens is 3. The summed E-state index contributed by atoms with van der Waals surface area (Å²) < 4.78 is 68.3. The molecule has 2 aromatic carbocycles. The first-order chi connectivity index (χ1) is 25.9. The van der Waals surface area contributed by atoms with E-state index in [-0.39, 0.29) is 54.4 Å². The molecule has 1 N–H and O–H groups in total. The van der Waals surface area contributed by atoms with Crippen molar-refractivity contribution >= 4 is 23.6 Å². The third-order valence-corrected chi connectivity index (χ3v) is 10.6. The second-order valence-corrected chi connectivity index (χ2v) is 15.5. The molecule has 1 aromatic heterocycles. The molecular weight excluding hydrogens is 724 g/mol. The average molecular weight is 770 g/mol. The number of carbonyl (C=O) groups is 2. The van der Waals surface area contributed by atoms with Crippen molar-refractivity contribution in [2.24, 2.45) is 0 Å². The van der Waals surface area contributed by atoms with Crippen LogP contribution in [0.25, 0.3) is 11.1 Å². The second-order valence-electron chi connectivity index (χ2n) is 15.1. The van der Waals surface area contributed by atoms with E-state index in [1.165, 1.54) is 12.3 Å². The Bertz CT molecular complexity index is 1850. The smallest absolute Gasteiger partial charge is 0.410 e. The van der Waals surface area contributed by atoms with E-state index in [2.05, 4.69) is 10.3 Å². The summed E-state index contributed by atoms with van der Waals surface area (Å²) in [6.45, 7) is 7.22. The highest BCUT2D eigenvalue weighted by atomic mass is 35.5. The van der Waals surface area contributed by atoms with E-state index in [0.717, 1.165) is 24.8 Å². The molecule has 7 rings (SSSR count). The molecule has 14 heteroatoms. The van der Waals surface area contributed by atoms with Crippen LogP contribution in [0.1, 0.15) is 80.8 Å². The number of rotatable bonds is 10. The average Bonchev–Trinajstić information content (AvgIpc) is 3.93. The Morgan fingerprint density at radius 1 is 1.06 bits per heavy atom. The fourth-order valence-electron chi connectivity index (χ4n) is 7.77. The van der Waals surface area contributed by atoms with Gasteiger partial charge in [-0.3, -0.25) is 4.79 Å². The fourth-order valence-corrected chi connectivity index (χ4v) is 8.03. The standard InChI is InChI=1S/C40H46ClF2N3O8/c1-39(2,3)54-38(48)46-15-9-12-30(46)40(24-10-5-4-6-11-24)21-26-29(53-40)20-28(42)34(41)32(26)33-27(36(47)45-25-14-17-49-23-25)22-44-37(35(33)43)52-19-18-51-31-13-7-8-16-50-31/h4-6,10-11,20,22,25,30-31H,7-9,12-19,21,23H2,1-3H3,(H,45,47)/t25-,30+,31+,40+/m1/s1. The van der Waals surface area contributed by atoms with Gasteiger partial charge in [-0.1, -0.05) is 41.9 Å². The summed E-state index contributed by atoms with van der Waals surface area (Å²) in [5, 5.41) is 2.50. The molecule has 4 aliphatic heterocycles. The molecule has 0 radical (unpaired) electrons. The van der Waals surface area contributed by atoms with Crippen LogP contribution in [-0.4, -0.2) is 85.4 Å². The number of aromatic nitrogens is 1. The van der Waals surface area contributed by atoms with E-state index < -0.39 is 51.8 Å². The highest BCUT2D eigenvalue weighted by Gasteiger charge is 2.54. The summed E-state index contributed by atoms with van der Waals surface area (Å²) in [6, 6.07) is 9.67. The number of hydrogen-bond donors (Lipinski definition) is 1. The van der Waals surface area contributed by atoms with Crippen LogP contribution in [0, 0.1) is 11.6 Å². The Morgan fingerprint density at radius 2 is 1.87 bits per heavy atom. The maximum absolute atomic E-state index is 17.0. The number of pyridine rings is 1. The van der Waals surface area contributed by atoms with Gasteiger partial charge in [0.1, 0.15) is 23.8 Å². The molecule has 3 aromatic rings. The molecule has 290 valence electrons. The van der Waals surface area contributed by atoms with Crippen LogP contribution in [0.3, 0.4) is 0 Å². The Balaban J connectivity index is 1.30. The van der Waals surface area contributed by atoms with Crippen molar-refractivity contribution in [1.29, 1.82) is 0 Å². The largest absolute Gasteiger partial charge is 0.480 e. The van der Waals surface area contributed by atoms with Gasteiger partial charge >= 0.3 is 6.09 Å². The number of ether oxygens (including phenoxy) is 6. The van der Waals surface area contributed by atoms with Gasteiger partial charge in [0, 0.05) is 55.1 Å². The number of fused-ring (bicyclic) bond motifs is 1. The van der Waals surface area contributed by atoms with Crippen LogP contribution in [-0.2, 0) is 31.0 Å². The van der Waals surface area contributed by atoms with Gasteiger partial charge in [0.25, 0.3) is 11.8 Å².